The number of hydroxylamine groups is 1. The van der Waals surface area contributed by atoms with Gasteiger partial charge in [0, 0.05) is 52.9 Å². The lowest BCUT2D eigenvalue weighted by Crippen LogP contribution is -2.52. The number of esters is 2. The van der Waals surface area contributed by atoms with Gasteiger partial charge in [-0.1, -0.05) is 216 Å². The Balaban J connectivity index is 0.000000163. The van der Waals surface area contributed by atoms with E-state index in [1.54, 1.807) is 28.0 Å². The predicted octanol–water partition coefficient (Wildman–Crippen LogP) is 18.0. The Bertz CT molecular complexity index is 5500. The minimum Gasteiger partial charge on any atom is -0.480 e. The Hall–Kier alpha value is -11.8. The molecule has 0 unspecified atom stereocenters. The van der Waals surface area contributed by atoms with Crippen molar-refractivity contribution in [3.05, 3.63) is 319 Å². The van der Waals surface area contributed by atoms with E-state index < -0.39 is 94.8 Å². The molecule has 14 rings (SSSR count). The minimum absolute atomic E-state index is 0.168. The second kappa shape index (κ2) is 40.0. The molecule has 0 radical (unpaired) electrons. The van der Waals surface area contributed by atoms with Crippen LogP contribution in [-0.2, 0) is 83.6 Å². The zero-order valence-corrected chi connectivity index (χ0v) is 75.5. The summed E-state index contributed by atoms with van der Waals surface area (Å²) in [4.78, 5) is 107. The highest BCUT2D eigenvalue weighted by molar-refractivity contribution is 9.10. The molecule has 4 aliphatic heterocycles. The van der Waals surface area contributed by atoms with Crippen LogP contribution in [0.15, 0.2) is 241 Å². The molecule has 0 aromatic heterocycles. The molecule has 0 spiro atoms. The van der Waals surface area contributed by atoms with Crippen LogP contribution >= 0.6 is 15.9 Å². The van der Waals surface area contributed by atoms with Crippen LogP contribution in [0.2, 0.25) is 0 Å². The zero-order chi connectivity index (χ0) is 90.7. The Morgan fingerprint density at radius 3 is 0.872 bits per heavy atom. The molecule has 4 aliphatic rings. The van der Waals surface area contributed by atoms with Gasteiger partial charge in [0.1, 0.15) is 17.2 Å². The smallest absolute Gasteiger partial charge is 0.332 e. The van der Waals surface area contributed by atoms with Crippen molar-refractivity contribution >= 4 is 63.4 Å². The van der Waals surface area contributed by atoms with Crippen LogP contribution in [0.5, 0.6) is 0 Å². The number of nitrogens with one attached hydrogen (secondary N) is 1. The number of amides is 5. The van der Waals surface area contributed by atoms with Gasteiger partial charge in [0.05, 0.1) is 35.6 Å². The third-order valence-corrected chi connectivity index (χ3v) is 22.0. The summed E-state index contributed by atoms with van der Waals surface area (Å²) in [6.07, 6.45) is -1.12. The number of carboxylic acid groups (broad SMARTS) is 1. The van der Waals surface area contributed by atoms with Crippen molar-refractivity contribution in [2.24, 2.45) is 0 Å². The van der Waals surface area contributed by atoms with Gasteiger partial charge in [0.2, 0.25) is 0 Å². The maximum atomic E-state index is 13.5. The number of benzene rings is 10. The standard InChI is InChI=1S/C33H39NO4.C25H24N2O4.C25H23NO4.C20H28BrNO4/c1-22(37-32(2,3)4)29(31(36)38-33(5,6)7)34-21-27-20-24(15-18-28(27)30(34)35)19-23-13-16-26(17-14-23)25-11-9-8-10-12-25;1-16(28)23(24(29)26-31)27-15-21-14-18(9-12-22(21)25(27)30)13-17-7-10-20(11-8-17)19-5-3-2-4-6-19;1-16(27)23(25(29)30)26-15-21-14-18(9-12-22(21)24(26)28)13-17-7-10-20(11-8-17)19-5-3-2-4-6-19;1-12(25-19(2,3)4)16(18(24)26-20(5,6)7)22-11-13-10-14(21)8-9-15(13)17(22)23/h8-18,20,22,29H,19,21H2,1-7H3;2-12,14,16,23,28,31H,13,15H2,1H3,(H,26,29);2-12,14,16,23,27H,13,15H2,1H3,(H,29,30);8-10,12,16H,11H2,1-7H3/t22-,29+;2*16-,23+;12-,16+/m1111/s1. The second-order valence-electron chi connectivity index (χ2n) is 36.2. The molecule has 4 heterocycles. The van der Waals surface area contributed by atoms with E-state index in [0.717, 1.165) is 78.5 Å². The summed E-state index contributed by atoms with van der Waals surface area (Å²) in [6, 6.07) is 74.8. The average Bonchev–Trinajstić information content (AvgIpc) is 1.64. The zero-order valence-electron chi connectivity index (χ0n) is 73.9. The number of carbonyl (C=O) groups excluding carboxylic acids is 7. The Labute approximate surface area is 741 Å². The molecular formula is C103H114BrN5O16. The topological polar surface area (TPSA) is 279 Å². The highest BCUT2D eigenvalue weighted by Crippen LogP contribution is 2.36. The minimum atomic E-state index is -1.25. The van der Waals surface area contributed by atoms with Crippen molar-refractivity contribution in [1.29, 1.82) is 0 Å². The lowest BCUT2D eigenvalue weighted by Gasteiger charge is -2.36. The summed E-state index contributed by atoms with van der Waals surface area (Å²) in [7, 11) is 0. The molecule has 125 heavy (non-hydrogen) atoms. The highest BCUT2D eigenvalue weighted by Gasteiger charge is 2.46. The van der Waals surface area contributed by atoms with Gasteiger partial charge in [-0.15, -0.1) is 0 Å². The number of rotatable bonds is 23. The molecule has 0 saturated heterocycles. The molecule has 8 atom stereocenters. The number of aliphatic hydroxyl groups excluding tert-OH is 2. The van der Waals surface area contributed by atoms with Gasteiger partial charge in [-0.25, -0.2) is 19.9 Å². The molecule has 0 fully saturated rings. The van der Waals surface area contributed by atoms with Gasteiger partial charge in [-0.3, -0.25) is 29.2 Å². The van der Waals surface area contributed by atoms with Gasteiger partial charge >= 0.3 is 17.9 Å². The fraction of sp³-hybridized carbons (Fsp3) is 0.340. The lowest BCUT2D eigenvalue weighted by molar-refractivity contribution is -0.171. The van der Waals surface area contributed by atoms with Crippen LogP contribution < -0.4 is 5.48 Å². The van der Waals surface area contributed by atoms with E-state index >= 15 is 0 Å². The molecule has 22 heteroatoms. The fourth-order valence-electron chi connectivity index (χ4n) is 16.2. The first-order valence-corrected chi connectivity index (χ1v) is 42.9. The molecule has 10 aromatic carbocycles. The number of fused-ring (bicyclic) bond motifs is 4. The summed E-state index contributed by atoms with van der Waals surface area (Å²) in [5, 5.41) is 38.1. The summed E-state index contributed by atoms with van der Waals surface area (Å²) >= 11 is 3.43. The van der Waals surface area contributed by atoms with Crippen molar-refractivity contribution in [2.45, 2.75) is 227 Å². The SMILES string of the molecule is C[C@@H](O)[C@@H](C(=O)NO)N1Cc2cc(Cc3ccc(-c4ccccc4)cc3)ccc2C1=O.C[C@@H](O)[C@@H](C(=O)O)N1Cc2cc(Cc3ccc(-c4ccccc4)cc3)ccc2C1=O.C[C@@H](OC(C)(C)C)[C@@H](C(=O)OC(C)(C)C)N1Cc2cc(Br)ccc2C1=O.C[C@@H](OC(C)(C)C)[C@@H](C(=O)OC(C)(C)C)N1Cc2cc(Cc3ccc(-c4ccccc4)cc3)ccc2C1=O. The maximum absolute atomic E-state index is 13.5. The predicted molar refractivity (Wildman–Crippen MR) is 485 cm³/mol. The number of nitrogens with zero attached hydrogens (tertiary/aromatic N) is 4. The lowest BCUT2D eigenvalue weighted by atomic mass is 9.98. The molecule has 0 aliphatic carbocycles. The van der Waals surface area contributed by atoms with E-state index in [1.807, 2.05) is 200 Å². The Kier molecular flexibility index (Phi) is 30.1. The first-order chi connectivity index (χ1) is 59.0. The fourth-order valence-corrected chi connectivity index (χ4v) is 16.6. The molecule has 10 aromatic rings. The number of hydrogen-bond acceptors (Lipinski definition) is 15. The summed E-state index contributed by atoms with van der Waals surface area (Å²) < 4.78 is 24.4. The first kappa shape index (κ1) is 93.9. The molecule has 654 valence electrons. The average molecular weight is 1760 g/mol. The molecule has 5 N–H and O–H groups in total. The van der Waals surface area contributed by atoms with E-state index in [4.69, 9.17) is 24.2 Å². The maximum Gasteiger partial charge on any atom is 0.332 e. The largest absolute Gasteiger partial charge is 0.480 e. The van der Waals surface area contributed by atoms with Crippen molar-refractivity contribution in [1.82, 2.24) is 25.1 Å². The summed E-state index contributed by atoms with van der Waals surface area (Å²) in [6.45, 7) is 30.1. The monoisotopic (exact) mass is 1760 g/mol. The quantitative estimate of drug-likeness (QED) is 0.0226. The van der Waals surface area contributed by atoms with Crippen molar-refractivity contribution in [3.8, 4) is 33.4 Å². The van der Waals surface area contributed by atoms with Crippen LogP contribution in [0, 0.1) is 0 Å². The molecule has 21 nitrogen and oxygen atoms in total. The van der Waals surface area contributed by atoms with Crippen LogP contribution in [0.25, 0.3) is 33.4 Å². The molecule has 0 saturated carbocycles. The van der Waals surface area contributed by atoms with Gasteiger partial charge in [0.25, 0.3) is 29.5 Å². The van der Waals surface area contributed by atoms with E-state index in [0.29, 0.717) is 41.8 Å². The van der Waals surface area contributed by atoms with Crippen molar-refractivity contribution in [3.63, 3.8) is 0 Å². The van der Waals surface area contributed by atoms with Gasteiger partial charge in [-0.05, 0) is 255 Å². The van der Waals surface area contributed by atoms with E-state index in [2.05, 4.69) is 131 Å². The van der Waals surface area contributed by atoms with E-state index in [-0.39, 0.29) is 36.7 Å². The number of aliphatic carboxylic acids is 1. The van der Waals surface area contributed by atoms with E-state index in [9.17, 15) is 53.7 Å². The van der Waals surface area contributed by atoms with Gasteiger partial charge in [-0.2, -0.15) is 0 Å². The van der Waals surface area contributed by atoms with Crippen molar-refractivity contribution < 1.29 is 77.8 Å². The first-order valence-electron chi connectivity index (χ1n) is 42.2. The summed E-state index contributed by atoms with van der Waals surface area (Å²) in [5.41, 5.74) is 18.8. The Morgan fingerprint density at radius 1 is 0.352 bits per heavy atom. The number of aliphatic hydroxyl groups is 2. The third-order valence-electron chi connectivity index (χ3n) is 21.5. The molecule has 0 bridgehead atoms. The normalized spacial score (nSPS) is 15.5. The number of hydrogen-bond donors (Lipinski definition) is 5. The number of carboxylic acids is 1. The van der Waals surface area contributed by atoms with Crippen LogP contribution in [0.3, 0.4) is 0 Å². The summed E-state index contributed by atoms with van der Waals surface area (Å²) in [5.74, 6) is -3.93. The van der Waals surface area contributed by atoms with Gasteiger partial charge < -0.3 is 53.9 Å². The van der Waals surface area contributed by atoms with Crippen LogP contribution in [0.4, 0.5) is 0 Å². The number of carbonyl (C=O) groups is 8. The number of ether oxygens (including phenoxy) is 4. The van der Waals surface area contributed by atoms with Crippen LogP contribution in [-0.4, -0.2) is 159 Å². The molecule has 5 amide bonds. The van der Waals surface area contributed by atoms with E-state index in [1.165, 1.54) is 56.9 Å². The third kappa shape index (κ3) is 24.4. The number of halogens is 1. The second-order valence-corrected chi connectivity index (χ2v) is 37.2. The molecular weight excluding hydrogens is 1640 g/mol. The van der Waals surface area contributed by atoms with Crippen molar-refractivity contribution in [2.75, 3.05) is 0 Å². The Morgan fingerprint density at radius 2 is 0.608 bits per heavy atom. The van der Waals surface area contributed by atoms with Crippen LogP contribution in [0.1, 0.15) is 208 Å². The van der Waals surface area contributed by atoms with Gasteiger partial charge in [0.15, 0.2) is 18.1 Å². The highest BCUT2D eigenvalue weighted by atomic mass is 79.9.